The second-order valence-electron chi connectivity index (χ2n) is 5.13. The predicted octanol–water partition coefficient (Wildman–Crippen LogP) is 2.70. The molecule has 0 unspecified atom stereocenters. The first-order valence-electron chi connectivity index (χ1n) is 7.23. The van der Waals surface area contributed by atoms with Crippen LogP contribution in [0.5, 0.6) is 5.75 Å². The monoisotopic (exact) mass is 343 g/mol. The van der Waals surface area contributed by atoms with Gasteiger partial charge in [0.05, 0.1) is 11.5 Å². The lowest BCUT2D eigenvalue weighted by Crippen LogP contribution is -2.25. The van der Waals surface area contributed by atoms with Crippen molar-refractivity contribution in [3.8, 4) is 5.75 Å². The Bertz CT molecular complexity index is 806. The van der Waals surface area contributed by atoms with E-state index in [0.29, 0.717) is 17.2 Å². The molecule has 0 bridgehead atoms. The van der Waals surface area contributed by atoms with Crippen molar-refractivity contribution in [3.63, 3.8) is 0 Å². The van der Waals surface area contributed by atoms with Crippen molar-refractivity contribution < 1.29 is 14.3 Å². The summed E-state index contributed by atoms with van der Waals surface area (Å²) in [6, 6.07) is 12.8. The maximum absolute atomic E-state index is 12.9. The number of phenolic OH excluding ortho intramolecular Hbond substituents is 1. The van der Waals surface area contributed by atoms with E-state index in [4.69, 9.17) is 0 Å². The molecule has 1 aliphatic rings. The second kappa shape index (κ2) is 7.27. The number of nitrogens with one attached hydrogen (secondary N) is 1. The highest BCUT2D eigenvalue weighted by Gasteiger charge is 2.30. The van der Waals surface area contributed by atoms with Crippen molar-refractivity contribution >= 4 is 29.1 Å². The van der Waals surface area contributed by atoms with Gasteiger partial charge in [0, 0.05) is 5.56 Å². The molecule has 0 aromatic heterocycles. The summed E-state index contributed by atoms with van der Waals surface area (Å²) in [7, 11) is 0. The molecular formula is C17H14FN3O2S. The molecule has 5 nitrogen and oxygen atoms in total. The van der Waals surface area contributed by atoms with Crippen LogP contribution in [0.25, 0.3) is 0 Å². The van der Waals surface area contributed by atoms with Gasteiger partial charge < -0.3 is 10.4 Å². The third kappa shape index (κ3) is 3.99. The number of amidine groups is 1. The first-order chi connectivity index (χ1) is 11.6. The molecule has 7 heteroatoms. The van der Waals surface area contributed by atoms with Gasteiger partial charge in [-0.15, -0.1) is 5.10 Å². The first-order valence-corrected chi connectivity index (χ1v) is 8.11. The molecule has 1 saturated heterocycles. The van der Waals surface area contributed by atoms with Gasteiger partial charge in [0.15, 0.2) is 5.17 Å². The van der Waals surface area contributed by atoms with E-state index in [-0.39, 0.29) is 22.7 Å². The maximum atomic E-state index is 12.9. The number of nitrogens with zero attached hydrogens (tertiary/aromatic N) is 2. The van der Waals surface area contributed by atoms with Crippen molar-refractivity contribution in [2.24, 2.45) is 10.2 Å². The number of aromatic hydroxyl groups is 1. The van der Waals surface area contributed by atoms with Crippen LogP contribution in [0, 0.1) is 5.82 Å². The summed E-state index contributed by atoms with van der Waals surface area (Å²) in [5.41, 5.74) is 1.42. The number of carbonyl (C=O) groups is 1. The molecule has 1 heterocycles. The van der Waals surface area contributed by atoms with E-state index in [1.807, 2.05) is 0 Å². The lowest BCUT2D eigenvalue weighted by Gasteiger charge is -2.04. The second-order valence-corrected chi connectivity index (χ2v) is 6.33. The van der Waals surface area contributed by atoms with Gasteiger partial charge in [0.2, 0.25) is 5.91 Å². The number of para-hydroxylation sites is 1. The summed E-state index contributed by atoms with van der Waals surface area (Å²) < 4.78 is 12.9. The van der Waals surface area contributed by atoms with Crippen molar-refractivity contribution in [1.82, 2.24) is 5.32 Å². The van der Waals surface area contributed by atoms with E-state index in [1.165, 1.54) is 30.1 Å². The SMILES string of the molecule is O=C1N/C(=N/N=C/c2ccccc2O)S[C@@H]1Cc1ccc(F)cc1. The van der Waals surface area contributed by atoms with E-state index < -0.39 is 0 Å². The number of halogens is 1. The van der Waals surface area contributed by atoms with Gasteiger partial charge in [0.1, 0.15) is 11.6 Å². The van der Waals surface area contributed by atoms with E-state index in [1.54, 1.807) is 36.4 Å². The van der Waals surface area contributed by atoms with Crippen LogP contribution in [0.15, 0.2) is 58.7 Å². The number of rotatable bonds is 4. The highest BCUT2D eigenvalue weighted by Crippen LogP contribution is 2.23. The smallest absolute Gasteiger partial charge is 0.239 e. The van der Waals surface area contributed by atoms with Crippen LogP contribution in [0.4, 0.5) is 4.39 Å². The maximum Gasteiger partial charge on any atom is 0.239 e. The fourth-order valence-corrected chi connectivity index (χ4v) is 3.13. The predicted molar refractivity (Wildman–Crippen MR) is 92.8 cm³/mol. The molecule has 2 N–H and O–H groups in total. The van der Waals surface area contributed by atoms with Crippen LogP contribution in [-0.4, -0.2) is 27.6 Å². The minimum absolute atomic E-state index is 0.110. The lowest BCUT2D eigenvalue weighted by molar-refractivity contribution is -0.118. The van der Waals surface area contributed by atoms with Gasteiger partial charge in [-0.3, -0.25) is 4.79 Å². The fourth-order valence-electron chi connectivity index (χ4n) is 2.16. The fraction of sp³-hybridized carbons (Fsp3) is 0.118. The number of hydrogen-bond donors (Lipinski definition) is 2. The topological polar surface area (TPSA) is 74.0 Å². The van der Waals surface area contributed by atoms with E-state index in [2.05, 4.69) is 15.5 Å². The molecule has 1 amide bonds. The Morgan fingerprint density at radius 1 is 1.21 bits per heavy atom. The zero-order chi connectivity index (χ0) is 16.9. The Balaban J connectivity index is 1.63. The zero-order valence-corrected chi connectivity index (χ0v) is 13.3. The van der Waals surface area contributed by atoms with Gasteiger partial charge in [-0.1, -0.05) is 36.0 Å². The van der Waals surface area contributed by atoms with Crippen LogP contribution in [0.3, 0.4) is 0 Å². The Hall–Kier alpha value is -2.67. The summed E-state index contributed by atoms with van der Waals surface area (Å²) in [5.74, 6) is -0.345. The highest BCUT2D eigenvalue weighted by molar-refractivity contribution is 8.15. The third-order valence-corrected chi connectivity index (χ3v) is 4.47. The molecule has 1 atom stereocenters. The van der Waals surface area contributed by atoms with Crippen LogP contribution < -0.4 is 5.32 Å². The number of benzene rings is 2. The quantitative estimate of drug-likeness (QED) is 0.662. The number of thioether (sulfide) groups is 1. The molecular weight excluding hydrogens is 329 g/mol. The number of amides is 1. The molecule has 122 valence electrons. The number of phenols is 1. The van der Waals surface area contributed by atoms with Crippen LogP contribution >= 0.6 is 11.8 Å². The van der Waals surface area contributed by atoms with Gasteiger partial charge in [-0.05, 0) is 36.2 Å². The van der Waals surface area contributed by atoms with E-state index in [9.17, 15) is 14.3 Å². The van der Waals surface area contributed by atoms with E-state index >= 15 is 0 Å². The molecule has 0 saturated carbocycles. The summed E-state index contributed by atoms with van der Waals surface area (Å²) in [4.78, 5) is 12.0. The van der Waals surface area contributed by atoms with Gasteiger partial charge in [0.25, 0.3) is 0 Å². The van der Waals surface area contributed by atoms with Crippen molar-refractivity contribution in [2.45, 2.75) is 11.7 Å². The Kier molecular flexibility index (Phi) is 4.90. The molecule has 0 aliphatic carbocycles. The summed E-state index contributed by atoms with van der Waals surface area (Å²) in [6.45, 7) is 0. The minimum Gasteiger partial charge on any atom is -0.507 e. The minimum atomic E-state index is -0.325. The van der Waals surface area contributed by atoms with Crippen LogP contribution in [0.2, 0.25) is 0 Å². The molecule has 3 rings (SSSR count). The average molecular weight is 343 g/mol. The van der Waals surface area contributed by atoms with Crippen molar-refractivity contribution in [2.75, 3.05) is 0 Å². The molecule has 1 aliphatic heterocycles. The molecule has 1 fully saturated rings. The third-order valence-electron chi connectivity index (χ3n) is 3.39. The summed E-state index contributed by atoms with van der Waals surface area (Å²) >= 11 is 1.28. The molecule has 0 radical (unpaired) electrons. The highest BCUT2D eigenvalue weighted by atomic mass is 32.2. The van der Waals surface area contributed by atoms with Crippen LogP contribution in [0.1, 0.15) is 11.1 Å². The normalized spacial score (nSPS) is 19.1. The van der Waals surface area contributed by atoms with Crippen LogP contribution in [-0.2, 0) is 11.2 Å². The van der Waals surface area contributed by atoms with E-state index in [0.717, 1.165) is 5.56 Å². The molecule has 2 aromatic carbocycles. The van der Waals surface area contributed by atoms with Crippen molar-refractivity contribution in [1.29, 1.82) is 0 Å². The summed E-state index contributed by atoms with van der Waals surface area (Å²) in [6.07, 6.45) is 1.90. The number of carbonyl (C=O) groups excluding carboxylic acids is 1. The van der Waals surface area contributed by atoms with Gasteiger partial charge >= 0.3 is 0 Å². The average Bonchev–Trinajstić information content (AvgIpc) is 2.91. The zero-order valence-electron chi connectivity index (χ0n) is 12.5. The largest absolute Gasteiger partial charge is 0.507 e. The summed E-state index contributed by atoms with van der Waals surface area (Å²) in [5, 5.41) is 20.2. The molecule has 0 spiro atoms. The Morgan fingerprint density at radius 3 is 2.71 bits per heavy atom. The Labute approximate surface area is 142 Å². The lowest BCUT2D eigenvalue weighted by atomic mass is 10.1. The van der Waals surface area contributed by atoms with Gasteiger partial charge in [-0.25, -0.2) is 4.39 Å². The Morgan fingerprint density at radius 2 is 1.96 bits per heavy atom. The standard InChI is InChI=1S/C17H14FN3O2S/c18-13-7-5-11(6-8-13)9-15-16(23)20-17(24-15)21-19-10-12-3-1-2-4-14(12)22/h1-8,10,15,22H,9H2,(H,20,21,23)/b19-10+/t15-/m1/s1. The molecule has 24 heavy (non-hydrogen) atoms. The molecule has 2 aromatic rings. The van der Waals surface area contributed by atoms with Crippen molar-refractivity contribution in [3.05, 3.63) is 65.5 Å². The van der Waals surface area contributed by atoms with Gasteiger partial charge in [-0.2, -0.15) is 5.10 Å². The first kappa shape index (κ1) is 16.2. The number of hydrogen-bond acceptors (Lipinski definition) is 5.